The molecule has 158 valence electrons. The second kappa shape index (κ2) is 10.8. The first kappa shape index (κ1) is 21.9. The minimum Gasteiger partial charge on any atom is -0.383 e. The number of benzene rings is 1. The quantitative estimate of drug-likeness (QED) is 0.592. The van der Waals surface area contributed by atoms with Crippen molar-refractivity contribution in [2.75, 3.05) is 53.6 Å². The highest BCUT2D eigenvalue weighted by molar-refractivity contribution is 7.09. The fourth-order valence-electron chi connectivity index (χ4n) is 4.03. The minimum atomic E-state index is -0.218. The van der Waals surface area contributed by atoms with Crippen LogP contribution in [-0.2, 0) is 20.8 Å². The Morgan fingerprint density at radius 3 is 2.79 bits per heavy atom. The highest BCUT2D eigenvalue weighted by Gasteiger charge is 2.36. The predicted molar refractivity (Wildman–Crippen MR) is 113 cm³/mol. The van der Waals surface area contributed by atoms with Crippen molar-refractivity contribution in [3.63, 3.8) is 0 Å². The zero-order valence-corrected chi connectivity index (χ0v) is 17.9. The molecule has 0 spiro atoms. The smallest absolute Gasteiger partial charge is 0.248 e. The van der Waals surface area contributed by atoms with Gasteiger partial charge in [0.15, 0.2) is 0 Å². The van der Waals surface area contributed by atoms with Gasteiger partial charge in [0.2, 0.25) is 5.91 Å². The third kappa shape index (κ3) is 6.09. The maximum absolute atomic E-state index is 13.9. The number of hydrogen-bond acceptors (Lipinski definition) is 5. The Labute approximate surface area is 176 Å². The number of amides is 1. The summed E-state index contributed by atoms with van der Waals surface area (Å²) in [6.07, 6.45) is 0. The summed E-state index contributed by atoms with van der Waals surface area (Å²) < 4.78 is 24.1. The number of hydrogen-bond donors (Lipinski definition) is 0. The molecule has 2 heterocycles. The van der Waals surface area contributed by atoms with Gasteiger partial charge in [0.05, 0.1) is 6.61 Å². The summed E-state index contributed by atoms with van der Waals surface area (Å²) in [4.78, 5) is 18.1. The number of carbonyl (C=O) groups is 1. The average Bonchev–Trinajstić information content (AvgIpc) is 3.35. The van der Waals surface area contributed by atoms with Crippen molar-refractivity contribution in [3.8, 4) is 0 Å². The molecule has 0 bridgehead atoms. The standard InChI is InChI=1S/C22H29FN2O3S/c1-27-9-8-25(22(26)16-28-2)13-18-12-24(14-20-7-4-10-29-20)15-21(18)17-5-3-6-19(23)11-17/h3-7,10-11,18,21H,8-9,12-16H2,1-2H3. The molecule has 1 saturated heterocycles. The maximum atomic E-state index is 13.9. The van der Waals surface area contributed by atoms with Crippen LogP contribution >= 0.6 is 11.3 Å². The van der Waals surface area contributed by atoms with Crippen LogP contribution in [0.2, 0.25) is 0 Å². The van der Waals surface area contributed by atoms with Gasteiger partial charge in [0, 0.05) is 57.7 Å². The number of carbonyl (C=O) groups excluding carboxylic acids is 1. The first-order chi connectivity index (χ1) is 14.1. The number of rotatable bonds is 10. The lowest BCUT2D eigenvalue weighted by atomic mass is 9.88. The molecule has 0 saturated carbocycles. The van der Waals surface area contributed by atoms with Crippen molar-refractivity contribution in [3.05, 3.63) is 58.0 Å². The molecule has 0 N–H and O–H groups in total. The Kier molecular flexibility index (Phi) is 8.18. The molecule has 1 aliphatic heterocycles. The van der Waals surface area contributed by atoms with Crippen LogP contribution in [0.1, 0.15) is 16.4 Å². The van der Waals surface area contributed by atoms with E-state index in [-0.39, 0.29) is 30.2 Å². The van der Waals surface area contributed by atoms with E-state index in [4.69, 9.17) is 9.47 Å². The van der Waals surface area contributed by atoms with Crippen LogP contribution in [0, 0.1) is 11.7 Å². The van der Waals surface area contributed by atoms with E-state index >= 15 is 0 Å². The molecule has 29 heavy (non-hydrogen) atoms. The molecule has 1 aliphatic rings. The Hall–Kier alpha value is -1.80. The minimum absolute atomic E-state index is 0.0424. The second-order valence-electron chi connectivity index (χ2n) is 7.46. The molecule has 0 radical (unpaired) electrons. The number of ether oxygens (including phenoxy) is 2. The van der Waals surface area contributed by atoms with E-state index in [1.807, 2.05) is 11.0 Å². The van der Waals surface area contributed by atoms with Crippen LogP contribution in [0.5, 0.6) is 0 Å². The topological polar surface area (TPSA) is 42.0 Å². The Bertz CT molecular complexity index is 771. The van der Waals surface area contributed by atoms with Gasteiger partial charge in [-0.25, -0.2) is 4.39 Å². The maximum Gasteiger partial charge on any atom is 0.248 e. The van der Waals surface area contributed by atoms with Crippen LogP contribution < -0.4 is 0 Å². The molecule has 1 aromatic heterocycles. The highest BCUT2D eigenvalue weighted by Crippen LogP contribution is 2.35. The van der Waals surface area contributed by atoms with Crippen molar-refractivity contribution in [2.24, 2.45) is 5.92 Å². The van der Waals surface area contributed by atoms with Crippen molar-refractivity contribution < 1.29 is 18.7 Å². The number of methoxy groups -OCH3 is 2. The molecule has 3 rings (SSSR count). The normalized spacial score (nSPS) is 19.6. The monoisotopic (exact) mass is 420 g/mol. The lowest BCUT2D eigenvalue weighted by molar-refractivity contribution is -0.136. The lowest BCUT2D eigenvalue weighted by Gasteiger charge is -2.28. The zero-order valence-electron chi connectivity index (χ0n) is 17.1. The summed E-state index contributed by atoms with van der Waals surface area (Å²) in [5, 5.41) is 2.09. The van der Waals surface area contributed by atoms with E-state index in [1.165, 1.54) is 18.1 Å². The SMILES string of the molecule is COCCN(CC1CN(Cc2cccs2)CC1c1cccc(F)c1)C(=O)COC. The van der Waals surface area contributed by atoms with Gasteiger partial charge in [-0.1, -0.05) is 18.2 Å². The molecule has 0 aliphatic carbocycles. The van der Waals surface area contributed by atoms with Gasteiger partial charge in [-0.3, -0.25) is 9.69 Å². The Balaban J connectivity index is 1.77. The Morgan fingerprint density at radius 2 is 2.10 bits per heavy atom. The molecule has 1 fully saturated rings. The van der Waals surface area contributed by atoms with Gasteiger partial charge in [-0.05, 0) is 35.1 Å². The van der Waals surface area contributed by atoms with Gasteiger partial charge in [-0.15, -0.1) is 11.3 Å². The van der Waals surface area contributed by atoms with Crippen molar-refractivity contribution in [1.82, 2.24) is 9.80 Å². The van der Waals surface area contributed by atoms with E-state index in [9.17, 15) is 9.18 Å². The first-order valence-corrected chi connectivity index (χ1v) is 10.7. The van der Waals surface area contributed by atoms with Gasteiger partial charge in [0.1, 0.15) is 12.4 Å². The summed E-state index contributed by atoms with van der Waals surface area (Å²) >= 11 is 1.75. The molecule has 5 nitrogen and oxygen atoms in total. The molecule has 2 atom stereocenters. The van der Waals surface area contributed by atoms with Crippen molar-refractivity contribution in [1.29, 1.82) is 0 Å². The average molecular weight is 421 g/mol. The number of nitrogens with zero attached hydrogens (tertiary/aromatic N) is 2. The molecule has 7 heteroatoms. The van der Waals surface area contributed by atoms with E-state index in [1.54, 1.807) is 30.6 Å². The number of thiophene rings is 1. The van der Waals surface area contributed by atoms with E-state index < -0.39 is 0 Å². The summed E-state index contributed by atoms with van der Waals surface area (Å²) in [5.74, 6) is 0.129. The molecule has 2 unspecified atom stereocenters. The van der Waals surface area contributed by atoms with Gasteiger partial charge < -0.3 is 14.4 Å². The molecular weight excluding hydrogens is 391 g/mol. The number of halogens is 1. The van der Waals surface area contributed by atoms with Gasteiger partial charge >= 0.3 is 0 Å². The van der Waals surface area contributed by atoms with Crippen LogP contribution in [0.15, 0.2) is 41.8 Å². The van der Waals surface area contributed by atoms with E-state index in [0.29, 0.717) is 19.7 Å². The fourth-order valence-corrected chi connectivity index (χ4v) is 4.78. The fraction of sp³-hybridized carbons (Fsp3) is 0.500. The molecule has 2 aromatic rings. The molecular formula is C22H29FN2O3S. The largest absolute Gasteiger partial charge is 0.383 e. The highest BCUT2D eigenvalue weighted by atomic mass is 32.1. The third-order valence-electron chi connectivity index (χ3n) is 5.39. The van der Waals surface area contributed by atoms with E-state index in [0.717, 1.165) is 25.2 Å². The zero-order chi connectivity index (χ0) is 20.6. The predicted octanol–water partition coefficient (Wildman–Crippen LogP) is 3.22. The first-order valence-electron chi connectivity index (χ1n) is 9.86. The van der Waals surface area contributed by atoms with Gasteiger partial charge in [-0.2, -0.15) is 0 Å². The third-order valence-corrected chi connectivity index (χ3v) is 6.25. The van der Waals surface area contributed by atoms with Gasteiger partial charge in [0.25, 0.3) is 0 Å². The van der Waals surface area contributed by atoms with Crippen molar-refractivity contribution >= 4 is 17.2 Å². The van der Waals surface area contributed by atoms with Crippen LogP contribution in [0.3, 0.4) is 0 Å². The lowest BCUT2D eigenvalue weighted by Crippen LogP contribution is -2.41. The summed E-state index contributed by atoms with van der Waals surface area (Å²) in [5.41, 5.74) is 0.995. The van der Waals surface area contributed by atoms with Crippen molar-refractivity contribution in [2.45, 2.75) is 12.5 Å². The van der Waals surface area contributed by atoms with Crippen LogP contribution in [0.25, 0.3) is 0 Å². The number of likely N-dealkylation sites (tertiary alicyclic amines) is 1. The summed E-state index contributed by atoms with van der Waals surface area (Å²) in [6.45, 7) is 4.25. The Morgan fingerprint density at radius 1 is 1.24 bits per heavy atom. The summed E-state index contributed by atoms with van der Waals surface area (Å²) in [6, 6.07) is 11.1. The van der Waals surface area contributed by atoms with E-state index in [2.05, 4.69) is 22.4 Å². The summed E-state index contributed by atoms with van der Waals surface area (Å²) in [7, 11) is 3.16. The van der Waals surface area contributed by atoms with Crippen LogP contribution in [-0.4, -0.2) is 69.3 Å². The molecule has 1 aromatic carbocycles. The second-order valence-corrected chi connectivity index (χ2v) is 8.49. The molecule has 1 amide bonds. The van der Waals surface area contributed by atoms with Crippen LogP contribution in [0.4, 0.5) is 4.39 Å².